The van der Waals surface area contributed by atoms with Crippen LogP contribution >= 0.6 is 0 Å². The second-order valence-corrected chi connectivity index (χ2v) is 20.4. The monoisotopic (exact) mass is 919 g/mol. The van der Waals surface area contributed by atoms with Gasteiger partial charge in [-0.15, -0.1) is 0 Å². The van der Waals surface area contributed by atoms with Crippen LogP contribution in [0.5, 0.6) is 0 Å². The van der Waals surface area contributed by atoms with Crippen LogP contribution in [0.4, 0.5) is 40.1 Å². The number of aromatic nitrogens is 4. The first-order valence-electron chi connectivity index (χ1n) is 23.8. The molecule has 1 aliphatic carbocycles. The molecule has 354 valence electrons. The zero-order valence-corrected chi connectivity index (χ0v) is 39.9. The average molecular weight is 920 g/mol. The number of pyridine rings is 1. The summed E-state index contributed by atoms with van der Waals surface area (Å²) in [5.41, 5.74) is 8.77. The molecule has 2 aromatic carbocycles. The Labute approximate surface area is 396 Å². The number of hydrogen-bond acceptors (Lipinski definition) is 11. The first-order valence-corrected chi connectivity index (χ1v) is 23.8. The standard InChI is InChI=1S/C52H61N11O5/c1-8-44(65)55-38-25-33(12-13-40(38)61-21-20-60(28-31(61)2)34-15-18-59(19-16-34)41-11-9-10-37-45(41)57-50(68)52(37,5)6)54-46-49(67)58(7)29-39(56-46)35-14-17-53-47(36(35)30-64)63-23-22-62-42(48(63)66)24-32-26-51(3,4)27-43(32)62/h8-14,17,24-25,29,31,34,64H,1,15-16,18-23,26-28,30H2,2-7H3,(H,54,56)(H,55,65)(H,57,68)/t31-/m0/s1. The van der Waals surface area contributed by atoms with E-state index in [0.29, 0.717) is 58.8 Å². The van der Waals surface area contributed by atoms with Gasteiger partial charge in [0.2, 0.25) is 11.8 Å². The maximum atomic E-state index is 14.1. The number of para-hydroxylation sites is 1. The van der Waals surface area contributed by atoms with Crippen molar-refractivity contribution >= 4 is 57.8 Å². The van der Waals surface area contributed by atoms with Crippen LogP contribution in [0.1, 0.15) is 80.3 Å². The molecule has 5 aromatic rings. The molecule has 16 heteroatoms. The van der Waals surface area contributed by atoms with Crippen LogP contribution in [-0.4, -0.2) is 98.2 Å². The molecule has 4 N–H and O–H groups in total. The topological polar surface area (TPSA) is 173 Å². The van der Waals surface area contributed by atoms with Crippen molar-refractivity contribution in [3.63, 3.8) is 0 Å². The van der Waals surface area contributed by atoms with Gasteiger partial charge in [-0.2, -0.15) is 0 Å². The summed E-state index contributed by atoms with van der Waals surface area (Å²) in [5.74, 6) is -0.0762. The Morgan fingerprint density at radius 2 is 1.76 bits per heavy atom. The lowest BCUT2D eigenvalue weighted by molar-refractivity contribution is -0.119. The number of anilines is 7. The number of aliphatic hydroxyl groups is 1. The van der Waals surface area contributed by atoms with E-state index in [0.717, 1.165) is 81.0 Å². The van der Waals surface area contributed by atoms with Crippen LogP contribution < -0.4 is 36.2 Å². The van der Waals surface area contributed by atoms with Crippen LogP contribution in [0, 0.1) is 5.41 Å². The number of carbonyl (C=O) groups is 3. The van der Waals surface area contributed by atoms with Crippen molar-refractivity contribution < 1.29 is 19.5 Å². The van der Waals surface area contributed by atoms with Crippen LogP contribution in [0.25, 0.3) is 11.3 Å². The van der Waals surface area contributed by atoms with E-state index in [1.807, 2.05) is 38.1 Å². The zero-order chi connectivity index (χ0) is 47.8. The van der Waals surface area contributed by atoms with E-state index in [2.05, 4.69) is 85.8 Å². The third-order valence-electron chi connectivity index (χ3n) is 14.9. The Balaban J connectivity index is 0.853. The summed E-state index contributed by atoms with van der Waals surface area (Å²) in [7, 11) is 1.64. The van der Waals surface area contributed by atoms with Crippen LogP contribution in [0.3, 0.4) is 0 Å². The summed E-state index contributed by atoms with van der Waals surface area (Å²) in [4.78, 5) is 71.8. The number of carbonyl (C=O) groups excluding carboxylic acids is 3. The fourth-order valence-electron chi connectivity index (χ4n) is 11.3. The molecule has 2 fully saturated rings. The van der Waals surface area contributed by atoms with Crippen LogP contribution in [0.15, 0.2) is 78.4 Å². The fraction of sp³-hybridized carbons (Fsp3) is 0.423. The first-order chi connectivity index (χ1) is 32.5. The molecule has 3 aromatic heterocycles. The minimum atomic E-state index is -0.545. The minimum absolute atomic E-state index is 0.0404. The van der Waals surface area contributed by atoms with Crippen LogP contribution in [-0.2, 0) is 48.0 Å². The summed E-state index contributed by atoms with van der Waals surface area (Å²) < 4.78 is 3.58. The molecule has 3 amide bonds. The largest absolute Gasteiger partial charge is 0.392 e. The summed E-state index contributed by atoms with van der Waals surface area (Å²) in [6.45, 7) is 19.2. The number of piperidine rings is 1. The number of piperazine rings is 1. The van der Waals surface area contributed by atoms with E-state index >= 15 is 0 Å². The van der Waals surface area contributed by atoms with Gasteiger partial charge in [-0.25, -0.2) is 9.97 Å². The molecular weight excluding hydrogens is 859 g/mol. The number of amides is 3. The molecule has 1 atom stereocenters. The number of aliphatic hydroxyl groups excluding tert-OH is 1. The van der Waals surface area contributed by atoms with E-state index in [1.165, 1.54) is 21.9 Å². The van der Waals surface area contributed by atoms with Gasteiger partial charge in [0.05, 0.1) is 40.5 Å². The summed E-state index contributed by atoms with van der Waals surface area (Å²) in [6.07, 6.45) is 8.33. The molecule has 0 saturated carbocycles. The van der Waals surface area contributed by atoms with Gasteiger partial charge >= 0.3 is 0 Å². The van der Waals surface area contributed by atoms with Gasteiger partial charge in [0.25, 0.3) is 11.5 Å². The van der Waals surface area contributed by atoms with Gasteiger partial charge in [-0.3, -0.25) is 29.0 Å². The Morgan fingerprint density at radius 1 is 0.971 bits per heavy atom. The molecule has 0 unspecified atom stereocenters. The highest BCUT2D eigenvalue weighted by atomic mass is 16.3. The molecule has 5 aliphatic rings. The lowest BCUT2D eigenvalue weighted by Crippen LogP contribution is -2.57. The van der Waals surface area contributed by atoms with E-state index < -0.39 is 12.0 Å². The van der Waals surface area contributed by atoms with Gasteiger partial charge in [-0.1, -0.05) is 32.6 Å². The zero-order valence-electron chi connectivity index (χ0n) is 39.9. The highest BCUT2D eigenvalue weighted by Crippen LogP contribution is 2.44. The molecule has 0 radical (unpaired) electrons. The van der Waals surface area contributed by atoms with Crippen molar-refractivity contribution in [2.75, 3.05) is 69.9 Å². The van der Waals surface area contributed by atoms with Crippen molar-refractivity contribution in [3.05, 3.63) is 112 Å². The van der Waals surface area contributed by atoms with E-state index in [4.69, 9.17) is 4.98 Å². The van der Waals surface area contributed by atoms with Crippen molar-refractivity contribution in [2.24, 2.45) is 12.5 Å². The minimum Gasteiger partial charge on any atom is -0.392 e. The SMILES string of the molecule is C=CC(=O)Nc1cc(Nc2nc(-c3ccnc(N4CCn5c(cc6c5CC(C)(C)C6)C4=O)c3CO)cn(C)c2=O)ccc1N1CCN(C2CCN(c3cccc4c3NC(=O)C4(C)C)CC2)C[C@@H]1C. The number of benzene rings is 2. The summed E-state index contributed by atoms with van der Waals surface area (Å²) >= 11 is 0. The van der Waals surface area contributed by atoms with Gasteiger partial charge in [0.1, 0.15) is 11.5 Å². The second-order valence-electron chi connectivity index (χ2n) is 20.4. The van der Waals surface area contributed by atoms with Crippen molar-refractivity contribution in [2.45, 2.75) is 91.0 Å². The quantitative estimate of drug-likeness (QED) is 0.118. The number of aryl methyl sites for hydroxylation is 1. The molecule has 0 bridgehead atoms. The highest BCUT2D eigenvalue weighted by Gasteiger charge is 2.41. The van der Waals surface area contributed by atoms with Gasteiger partial charge in [0, 0.05) is 99.8 Å². The smallest absolute Gasteiger partial charge is 0.293 e. The van der Waals surface area contributed by atoms with Gasteiger partial charge in [-0.05, 0) is 105 Å². The lowest BCUT2D eigenvalue weighted by atomic mass is 9.86. The molecule has 10 rings (SSSR count). The van der Waals surface area contributed by atoms with E-state index in [9.17, 15) is 24.3 Å². The molecule has 16 nitrogen and oxygen atoms in total. The molecule has 4 aliphatic heterocycles. The number of fused-ring (bicyclic) bond motifs is 4. The predicted molar refractivity (Wildman–Crippen MR) is 266 cm³/mol. The summed E-state index contributed by atoms with van der Waals surface area (Å²) in [6, 6.07) is 16.2. The molecule has 68 heavy (non-hydrogen) atoms. The first kappa shape index (κ1) is 45.0. The number of hydrogen-bond donors (Lipinski definition) is 4. The van der Waals surface area contributed by atoms with Crippen molar-refractivity contribution in [3.8, 4) is 11.3 Å². The average Bonchev–Trinajstić information content (AvgIpc) is 3.90. The fourth-order valence-corrected chi connectivity index (χ4v) is 11.3. The summed E-state index contributed by atoms with van der Waals surface area (Å²) in [5, 5.41) is 20.2. The van der Waals surface area contributed by atoms with Gasteiger partial charge in [0.15, 0.2) is 5.82 Å². The Hall–Kier alpha value is -6.78. The predicted octanol–water partition coefficient (Wildman–Crippen LogP) is 6.20. The number of nitrogens with one attached hydrogen (secondary N) is 3. The Kier molecular flexibility index (Phi) is 11.3. The maximum Gasteiger partial charge on any atom is 0.293 e. The van der Waals surface area contributed by atoms with E-state index in [-0.39, 0.29) is 40.6 Å². The van der Waals surface area contributed by atoms with Crippen LogP contribution in [0.2, 0.25) is 0 Å². The normalized spacial score (nSPS) is 19.9. The van der Waals surface area contributed by atoms with E-state index in [1.54, 1.807) is 30.4 Å². The lowest BCUT2D eigenvalue weighted by Gasteiger charge is -2.47. The highest BCUT2D eigenvalue weighted by molar-refractivity contribution is 6.09. The molecule has 7 heterocycles. The Morgan fingerprint density at radius 3 is 2.51 bits per heavy atom. The third-order valence-corrected chi connectivity index (χ3v) is 14.9. The van der Waals surface area contributed by atoms with Crippen molar-refractivity contribution in [1.82, 2.24) is 24.0 Å². The maximum absolute atomic E-state index is 14.1. The molecule has 2 saturated heterocycles. The molecular formula is C52H61N11O5. The Bertz CT molecular complexity index is 2940. The third kappa shape index (κ3) is 7.82. The van der Waals surface area contributed by atoms with Crippen molar-refractivity contribution in [1.29, 1.82) is 0 Å². The number of rotatable bonds is 10. The number of nitrogens with zero attached hydrogens (tertiary/aromatic N) is 8. The second kappa shape index (κ2) is 17.1. The van der Waals surface area contributed by atoms with Gasteiger partial charge < -0.3 is 40.0 Å². The molecule has 0 spiro atoms.